The Bertz CT molecular complexity index is 1330. The van der Waals surface area contributed by atoms with Crippen molar-refractivity contribution in [3.05, 3.63) is 60.8 Å². The lowest BCUT2D eigenvalue weighted by molar-refractivity contribution is -0.166. The molecule has 6 nitrogen and oxygen atoms in total. The SMILES string of the molecule is CC/C=C\C/C=C\C/C=C\C/C=C\CCC(=O)OC(COC(=O)CCCCCCC/C=C\CCCCCC)COC(=O)CCCCCCCCCCCCCCCCCCCCCCCCCCCCCCCC. The molecule has 0 aromatic carbocycles. The molecule has 0 spiro atoms. The molecule has 0 rings (SSSR count). The van der Waals surface area contributed by atoms with Gasteiger partial charge in [0, 0.05) is 19.3 Å². The van der Waals surface area contributed by atoms with Crippen LogP contribution in [-0.2, 0) is 28.6 Å². The Labute approximate surface area is 460 Å². The van der Waals surface area contributed by atoms with Crippen LogP contribution in [-0.4, -0.2) is 37.2 Å². The molecule has 0 aliphatic heterocycles. The first kappa shape index (κ1) is 71.1. The molecule has 0 aliphatic rings. The van der Waals surface area contributed by atoms with Crippen molar-refractivity contribution in [1.29, 1.82) is 0 Å². The maximum atomic E-state index is 12.8. The molecule has 430 valence electrons. The number of rotatable bonds is 59. The molecule has 0 heterocycles. The zero-order valence-corrected chi connectivity index (χ0v) is 49.4. The molecule has 0 bridgehead atoms. The van der Waals surface area contributed by atoms with Crippen LogP contribution in [0.25, 0.3) is 0 Å². The van der Waals surface area contributed by atoms with Crippen molar-refractivity contribution in [2.45, 2.75) is 341 Å². The van der Waals surface area contributed by atoms with Gasteiger partial charge in [-0.15, -0.1) is 0 Å². The van der Waals surface area contributed by atoms with Crippen molar-refractivity contribution in [3.8, 4) is 0 Å². The second kappa shape index (κ2) is 62.6. The van der Waals surface area contributed by atoms with Crippen LogP contribution in [0.2, 0.25) is 0 Å². The Morgan fingerprint density at radius 3 is 0.892 bits per heavy atom. The Kier molecular flexibility index (Phi) is 60.2. The molecule has 0 aromatic rings. The lowest BCUT2D eigenvalue weighted by Gasteiger charge is -2.18. The summed E-state index contributed by atoms with van der Waals surface area (Å²) in [6.45, 7) is 6.48. The molecule has 0 amide bonds. The predicted octanol–water partition coefficient (Wildman–Crippen LogP) is 21.9. The zero-order valence-electron chi connectivity index (χ0n) is 49.4. The highest BCUT2D eigenvalue weighted by Crippen LogP contribution is 2.18. The van der Waals surface area contributed by atoms with Gasteiger partial charge in [0.1, 0.15) is 13.2 Å². The van der Waals surface area contributed by atoms with Gasteiger partial charge < -0.3 is 14.2 Å². The number of carbonyl (C=O) groups is 3. The molecule has 0 aliphatic carbocycles. The molecule has 6 heteroatoms. The molecule has 0 N–H and O–H groups in total. The minimum atomic E-state index is -0.814. The van der Waals surface area contributed by atoms with Gasteiger partial charge in [0.15, 0.2) is 6.10 Å². The van der Waals surface area contributed by atoms with Crippen molar-refractivity contribution >= 4 is 17.9 Å². The summed E-state index contributed by atoms with van der Waals surface area (Å²) in [7, 11) is 0. The molecule has 0 aromatic heterocycles. The van der Waals surface area contributed by atoms with Crippen LogP contribution < -0.4 is 0 Å². The Balaban J connectivity index is 4.14. The first-order valence-corrected chi connectivity index (χ1v) is 32.3. The molecule has 0 saturated carbocycles. The molecular formula is C68H122O6. The summed E-state index contributed by atoms with van der Waals surface area (Å²) in [4.78, 5) is 38.1. The summed E-state index contributed by atoms with van der Waals surface area (Å²) in [6, 6.07) is 0. The van der Waals surface area contributed by atoms with Gasteiger partial charge in [-0.25, -0.2) is 0 Å². The summed E-state index contributed by atoms with van der Waals surface area (Å²) in [5, 5.41) is 0. The highest BCUT2D eigenvalue weighted by molar-refractivity contribution is 5.71. The third kappa shape index (κ3) is 60.0. The van der Waals surface area contributed by atoms with Crippen LogP contribution >= 0.6 is 0 Å². The fourth-order valence-corrected chi connectivity index (χ4v) is 9.45. The van der Waals surface area contributed by atoms with Crippen LogP contribution in [0.5, 0.6) is 0 Å². The second-order valence-electron chi connectivity index (χ2n) is 21.6. The maximum Gasteiger partial charge on any atom is 0.306 e. The standard InChI is InChI=1S/C68H122O6/c1-4-7-10-13-16-19-22-25-26-27-28-29-30-31-32-33-34-35-36-37-38-39-40-41-44-46-49-52-55-58-61-67(70)73-64-65(74-68(71)62-59-56-53-50-47-43-24-21-18-15-12-9-6-3)63-72-66(69)60-57-54-51-48-45-42-23-20-17-14-11-8-5-2/h9,12,18,20-21,23,43,47,53,56,65H,4-8,10-11,13-17,19,22,24-42,44-46,48-52,54-55,57-64H2,1-3H3/b12-9-,21-18-,23-20-,47-43-,56-53-. The zero-order chi connectivity index (χ0) is 53.6. The van der Waals surface area contributed by atoms with Crippen molar-refractivity contribution < 1.29 is 28.6 Å². The van der Waals surface area contributed by atoms with Crippen LogP contribution in [0.4, 0.5) is 0 Å². The highest BCUT2D eigenvalue weighted by atomic mass is 16.6. The molecule has 74 heavy (non-hydrogen) atoms. The topological polar surface area (TPSA) is 78.9 Å². The first-order chi connectivity index (χ1) is 36.5. The van der Waals surface area contributed by atoms with E-state index in [0.717, 1.165) is 70.6 Å². The predicted molar refractivity (Wildman–Crippen MR) is 321 cm³/mol. The van der Waals surface area contributed by atoms with E-state index in [0.29, 0.717) is 19.3 Å². The van der Waals surface area contributed by atoms with Gasteiger partial charge in [-0.1, -0.05) is 306 Å². The summed E-state index contributed by atoms with van der Waals surface area (Å²) in [5.41, 5.74) is 0. The van der Waals surface area contributed by atoms with Crippen LogP contribution in [0.15, 0.2) is 60.8 Å². The van der Waals surface area contributed by atoms with Gasteiger partial charge in [-0.2, -0.15) is 0 Å². The third-order valence-electron chi connectivity index (χ3n) is 14.3. The number of allylic oxidation sites excluding steroid dienone is 10. The number of ether oxygens (including phenoxy) is 3. The lowest BCUT2D eigenvalue weighted by Crippen LogP contribution is -2.30. The van der Waals surface area contributed by atoms with E-state index in [1.807, 2.05) is 6.08 Å². The molecule has 0 saturated heterocycles. The fourth-order valence-electron chi connectivity index (χ4n) is 9.45. The average Bonchev–Trinajstić information content (AvgIpc) is 3.40. The van der Waals surface area contributed by atoms with Crippen LogP contribution in [0, 0.1) is 0 Å². The number of esters is 3. The summed E-state index contributed by atoms with van der Waals surface area (Å²) < 4.78 is 16.8. The monoisotopic (exact) mass is 1030 g/mol. The quantitative estimate of drug-likeness (QED) is 0.0261. The van der Waals surface area contributed by atoms with Crippen molar-refractivity contribution in [1.82, 2.24) is 0 Å². The minimum Gasteiger partial charge on any atom is -0.462 e. The van der Waals surface area contributed by atoms with E-state index in [9.17, 15) is 14.4 Å². The molecule has 1 atom stereocenters. The van der Waals surface area contributed by atoms with Gasteiger partial charge >= 0.3 is 17.9 Å². The Morgan fingerprint density at radius 2 is 0.554 bits per heavy atom. The van der Waals surface area contributed by atoms with Gasteiger partial charge in [-0.05, 0) is 70.6 Å². The van der Waals surface area contributed by atoms with Crippen molar-refractivity contribution in [2.24, 2.45) is 0 Å². The summed E-state index contributed by atoms with van der Waals surface area (Å²) in [5.74, 6) is -0.980. The van der Waals surface area contributed by atoms with Gasteiger partial charge in [0.2, 0.25) is 0 Å². The van der Waals surface area contributed by atoms with Crippen LogP contribution in [0.1, 0.15) is 335 Å². The van der Waals surface area contributed by atoms with Gasteiger partial charge in [-0.3, -0.25) is 14.4 Å². The first-order valence-electron chi connectivity index (χ1n) is 32.3. The van der Waals surface area contributed by atoms with Gasteiger partial charge in [0.05, 0.1) is 0 Å². The lowest BCUT2D eigenvalue weighted by atomic mass is 10.0. The Hall–Kier alpha value is -2.89. The second-order valence-corrected chi connectivity index (χ2v) is 21.6. The molecular weight excluding hydrogens is 913 g/mol. The van der Waals surface area contributed by atoms with Crippen LogP contribution in [0.3, 0.4) is 0 Å². The van der Waals surface area contributed by atoms with E-state index in [-0.39, 0.29) is 37.5 Å². The molecule has 0 fully saturated rings. The smallest absolute Gasteiger partial charge is 0.306 e. The van der Waals surface area contributed by atoms with E-state index in [2.05, 4.69) is 75.5 Å². The van der Waals surface area contributed by atoms with E-state index < -0.39 is 6.10 Å². The number of hydrogen-bond donors (Lipinski definition) is 0. The number of carbonyl (C=O) groups excluding carboxylic acids is 3. The van der Waals surface area contributed by atoms with E-state index in [1.54, 1.807) is 0 Å². The Morgan fingerprint density at radius 1 is 0.284 bits per heavy atom. The minimum absolute atomic E-state index is 0.103. The van der Waals surface area contributed by atoms with E-state index >= 15 is 0 Å². The largest absolute Gasteiger partial charge is 0.462 e. The summed E-state index contributed by atoms with van der Waals surface area (Å²) in [6.07, 6.45) is 79.9. The number of unbranched alkanes of at least 4 members (excludes halogenated alkanes) is 38. The number of hydrogen-bond acceptors (Lipinski definition) is 6. The maximum absolute atomic E-state index is 12.8. The summed E-state index contributed by atoms with van der Waals surface area (Å²) >= 11 is 0. The van der Waals surface area contributed by atoms with E-state index in [4.69, 9.17) is 14.2 Å². The molecule has 1 unspecified atom stereocenters. The normalized spacial score (nSPS) is 12.4. The average molecular weight is 1040 g/mol. The van der Waals surface area contributed by atoms with E-state index in [1.165, 1.54) is 218 Å². The molecule has 0 radical (unpaired) electrons. The highest BCUT2D eigenvalue weighted by Gasteiger charge is 2.19. The fraction of sp³-hybridized carbons (Fsp3) is 0.809. The third-order valence-corrected chi connectivity index (χ3v) is 14.3. The van der Waals surface area contributed by atoms with Gasteiger partial charge in [0.25, 0.3) is 0 Å². The van der Waals surface area contributed by atoms with Crippen molar-refractivity contribution in [2.75, 3.05) is 13.2 Å². The van der Waals surface area contributed by atoms with Crippen molar-refractivity contribution in [3.63, 3.8) is 0 Å².